The molecule has 3 amide bonds. The molecule has 282 valence electrons. The summed E-state index contributed by atoms with van der Waals surface area (Å²) in [7, 11) is 1.95. The molecule has 11 nitrogen and oxygen atoms in total. The number of aliphatic hydroxyl groups is 1. The number of benzene rings is 3. The number of fused-ring (bicyclic) bond motifs is 1. The Kier molecular flexibility index (Phi) is 14.0. The number of hydrogen-bond acceptors (Lipinski definition) is 7. The van der Waals surface area contributed by atoms with E-state index in [1.165, 1.54) is 6.07 Å². The van der Waals surface area contributed by atoms with E-state index in [0.29, 0.717) is 31.9 Å². The number of alkyl halides is 3. The first-order valence-corrected chi connectivity index (χ1v) is 17.2. The largest absolute Gasteiger partial charge is 0.490 e. The zero-order chi connectivity index (χ0) is 38.0. The van der Waals surface area contributed by atoms with E-state index in [9.17, 15) is 37.8 Å². The summed E-state index contributed by atoms with van der Waals surface area (Å²) >= 11 is 0. The van der Waals surface area contributed by atoms with Gasteiger partial charge in [-0.3, -0.25) is 9.69 Å². The van der Waals surface area contributed by atoms with E-state index in [2.05, 4.69) is 15.5 Å². The quantitative estimate of drug-likeness (QED) is 0.185. The molecule has 0 radical (unpaired) electrons. The number of hydrogen-bond donors (Lipinski definition) is 4. The monoisotopic (exact) mass is 728 g/mol. The van der Waals surface area contributed by atoms with Gasteiger partial charge in [0.1, 0.15) is 5.75 Å². The van der Waals surface area contributed by atoms with Crippen LogP contribution in [0.3, 0.4) is 0 Å². The minimum Gasteiger partial charge on any atom is -0.490 e. The molecule has 1 aliphatic heterocycles. The fourth-order valence-electron chi connectivity index (χ4n) is 5.94. The number of carbonyl (C=O) groups is 3. The van der Waals surface area contributed by atoms with Gasteiger partial charge >= 0.3 is 18.2 Å². The summed E-state index contributed by atoms with van der Waals surface area (Å²) in [5.41, 5.74) is 0.869. The number of anilines is 2. The molecule has 0 spiro atoms. The number of halogens is 3. The number of carboxylic acids is 1. The summed E-state index contributed by atoms with van der Waals surface area (Å²) in [6, 6.07) is 14.1. The third kappa shape index (κ3) is 11.4. The number of ether oxygens (including phenoxy) is 2. The van der Waals surface area contributed by atoms with Crippen molar-refractivity contribution in [2.75, 3.05) is 44.0 Å². The smallest absolute Gasteiger partial charge is 0.416 e. The molecule has 52 heavy (non-hydrogen) atoms. The molecule has 0 aromatic heterocycles. The molecule has 3 aromatic carbocycles. The molecule has 0 saturated heterocycles. The van der Waals surface area contributed by atoms with Crippen LogP contribution in [0.15, 0.2) is 66.7 Å². The van der Waals surface area contributed by atoms with E-state index in [-0.39, 0.29) is 53.8 Å². The number of carbonyl (C=O) groups excluding carboxylic acids is 2. The first-order chi connectivity index (χ1) is 24.6. The first-order valence-electron chi connectivity index (χ1n) is 17.2. The molecule has 0 saturated carbocycles. The molecule has 4 atom stereocenters. The normalized spacial score (nSPS) is 19.6. The van der Waals surface area contributed by atoms with Crippen LogP contribution in [0.2, 0.25) is 0 Å². The lowest BCUT2D eigenvalue weighted by molar-refractivity contribution is -0.137. The van der Waals surface area contributed by atoms with Crippen LogP contribution in [-0.4, -0.2) is 89.5 Å². The second kappa shape index (κ2) is 18.2. The van der Waals surface area contributed by atoms with Gasteiger partial charge in [-0.1, -0.05) is 19.1 Å². The summed E-state index contributed by atoms with van der Waals surface area (Å²) < 4.78 is 51.5. The lowest BCUT2D eigenvalue weighted by Gasteiger charge is -2.36. The molecule has 0 bridgehead atoms. The number of amides is 3. The summed E-state index contributed by atoms with van der Waals surface area (Å²) in [6.45, 7) is 7.12. The molecule has 3 aromatic rings. The van der Waals surface area contributed by atoms with E-state index < -0.39 is 35.7 Å². The SMILES string of the molecule is C[C@H]1CCCCO[C@@H](CN(C)Cc2ccc(C(=O)O)cc2)[C@@H](C)CN([C@@H](C)CO)C(=O)c2cc(NC(=O)Nc3ccc(C(F)(F)F)cc3)ccc2O1. The number of urea groups is 1. The van der Waals surface area contributed by atoms with Gasteiger partial charge in [-0.05, 0) is 100 Å². The van der Waals surface area contributed by atoms with E-state index in [0.717, 1.165) is 42.7 Å². The zero-order valence-electron chi connectivity index (χ0n) is 29.8. The minimum absolute atomic E-state index is 0.146. The molecule has 0 unspecified atom stereocenters. The third-order valence-electron chi connectivity index (χ3n) is 8.92. The van der Waals surface area contributed by atoms with Gasteiger partial charge in [-0.15, -0.1) is 0 Å². The van der Waals surface area contributed by atoms with Gasteiger partial charge in [0.05, 0.1) is 41.5 Å². The van der Waals surface area contributed by atoms with Crippen molar-refractivity contribution in [2.24, 2.45) is 5.92 Å². The molecule has 0 fully saturated rings. The Morgan fingerprint density at radius 3 is 2.29 bits per heavy atom. The van der Waals surface area contributed by atoms with E-state index >= 15 is 0 Å². The lowest BCUT2D eigenvalue weighted by atomic mass is 10.0. The van der Waals surface area contributed by atoms with Crippen LogP contribution < -0.4 is 15.4 Å². The fraction of sp³-hybridized carbons (Fsp3) is 0.447. The van der Waals surface area contributed by atoms with E-state index in [1.807, 2.05) is 20.9 Å². The van der Waals surface area contributed by atoms with Crippen LogP contribution in [0.25, 0.3) is 0 Å². The average Bonchev–Trinajstić information content (AvgIpc) is 3.09. The molecule has 1 aliphatic rings. The van der Waals surface area contributed by atoms with Gasteiger partial charge in [-0.25, -0.2) is 9.59 Å². The summed E-state index contributed by atoms with van der Waals surface area (Å²) in [5, 5.41) is 24.6. The van der Waals surface area contributed by atoms with Crippen molar-refractivity contribution in [2.45, 2.75) is 71.0 Å². The van der Waals surface area contributed by atoms with Gasteiger partial charge in [0, 0.05) is 43.5 Å². The molecular formula is C38H47F3N4O7. The second-order valence-corrected chi connectivity index (χ2v) is 13.4. The molecule has 4 rings (SSSR count). The highest BCUT2D eigenvalue weighted by molar-refractivity contribution is 6.02. The van der Waals surface area contributed by atoms with Crippen LogP contribution in [-0.2, 0) is 17.5 Å². The zero-order valence-corrected chi connectivity index (χ0v) is 29.8. The van der Waals surface area contributed by atoms with Crippen LogP contribution in [0, 0.1) is 5.92 Å². The summed E-state index contributed by atoms with van der Waals surface area (Å²) in [6.07, 6.45) is -2.76. The second-order valence-electron chi connectivity index (χ2n) is 13.4. The molecule has 1 heterocycles. The standard InChI is InChI=1S/C38H47F3N4O7/c1-24-20-45(25(2)23-46)35(47)32-19-31(43-37(50)42-30-14-12-29(13-15-30)38(39,40)41)16-17-33(32)52-26(3)7-5-6-18-51-34(24)22-44(4)21-27-8-10-28(11-9-27)36(48)49/h8-17,19,24-26,34,46H,5-7,18,20-23H2,1-4H3,(H,48,49)(H2,42,43,50)/t24-,25-,26-,34-/m0/s1. The Hall–Kier alpha value is -4.66. The van der Waals surface area contributed by atoms with Crippen LogP contribution in [0.1, 0.15) is 71.9 Å². The Morgan fingerprint density at radius 1 is 1.00 bits per heavy atom. The van der Waals surface area contributed by atoms with Gasteiger partial charge in [-0.2, -0.15) is 13.2 Å². The minimum atomic E-state index is -4.51. The maximum atomic E-state index is 14.4. The first kappa shape index (κ1) is 40.1. The van der Waals surface area contributed by atoms with Crippen molar-refractivity contribution in [3.63, 3.8) is 0 Å². The lowest BCUT2D eigenvalue weighted by Crippen LogP contribution is -2.47. The number of rotatable bonds is 9. The predicted molar refractivity (Wildman–Crippen MR) is 191 cm³/mol. The number of nitrogens with zero attached hydrogens (tertiary/aromatic N) is 2. The van der Waals surface area contributed by atoms with Crippen molar-refractivity contribution in [3.05, 3.63) is 89.0 Å². The topological polar surface area (TPSA) is 141 Å². The van der Waals surface area contributed by atoms with Crippen molar-refractivity contribution in [3.8, 4) is 5.75 Å². The Morgan fingerprint density at radius 2 is 1.65 bits per heavy atom. The Labute approximate surface area is 301 Å². The molecule has 4 N–H and O–H groups in total. The predicted octanol–water partition coefficient (Wildman–Crippen LogP) is 6.98. The maximum Gasteiger partial charge on any atom is 0.416 e. The maximum absolute atomic E-state index is 14.4. The van der Waals surface area contributed by atoms with Crippen molar-refractivity contribution in [1.82, 2.24) is 9.80 Å². The third-order valence-corrected chi connectivity index (χ3v) is 8.92. The number of nitrogens with one attached hydrogen (secondary N) is 2. The van der Waals surface area contributed by atoms with E-state index in [4.69, 9.17) is 9.47 Å². The number of aliphatic hydroxyl groups excluding tert-OH is 1. The molecular weight excluding hydrogens is 681 g/mol. The van der Waals surface area contributed by atoms with E-state index in [1.54, 1.807) is 48.2 Å². The summed E-state index contributed by atoms with van der Waals surface area (Å²) in [5.74, 6) is -1.29. The number of carboxylic acid groups (broad SMARTS) is 1. The van der Waals surface area contributed by atoms with Crippen molar-refractivity contribution in [1.29, 1.82) is 0 Å². The average molecular weight is 729 g/mol. The van der Waals surface area contributed by atoms with Crippen molar-refractivity contribution >= 4 is 29.3 Å². The van der Waals surface area contributed by atoms with Gasteiger partial charge < -0.3 is 35.2 Å². The Bertz CT molecular complexity index is 1650. The van der Waals surface area contributed by atoms with Gasteiger partial charge in [0.2, 0.25) is 0 Å². The highest BCUT2D eigenvalue weighted by atomic mass is 19.4. The Balaban J connectivity index is 1.55. The van der Waals surface area contributed by atoms with Gasteiger partial charge in [0.15, 0.2) is 0 Å². The van der Waals surface area contributed by atoms with Crippen LogP contribution >= 0.6 is 0 Å². The van der Waals surface area contributed by atoms with Crippen LogP contribution in [0.5, 0.6) is 5.75 Å². The highest BCUT2D eigenvalue weighted by Crippen LogP contribution is 2.31. The molecule has 0 aliphatic carbocycles. The highest BCUT2D eigenvalue weighted by Gasteiger charge is 2.31. The van der Waals surface area contributed by atoms with Crippen LogP contribution in [0.4, 0.5) is 29.3 Å². The number of likely N-dealkylation sites (N-methyl/N-ethyl adjacent to an activating group) is 1. The summed E-state index contributed by atoms with van der Waals surface area (Å²) in [4.78, 5) is 42.1. The fourth-order valence-corrected chi connectivity index (χ4v) is 5.94. The number of aromatic carboxylic acids is 1. The molecule has 14 heteroatoms. The van der Waals surface area contributed by atoms with Crippen molar-refractivity contribution < 1.29 is 47.2 Å². The van der Waals surface area contributed by atoms with Gasteiger partial charge in [0.25, 0.3) is 5.91 Å².